The van der Waals surface area contributed by atoms with Gasteiger partial charge in [-0.3, -0.25) is 4.84 Å². The van der Waals surface area contributed by atoms with E-state index in [0.717, 1.165) is 28.1 Å². The number of aryl methyl sites for hydroxylation is 1. The Kier molecular flexibility index (Phi) is 3.99. The lowest BCUT2D eigenvalue weighted by atomic mass is 9.87. The van der Waals surface area contributed by atoms with Crippen LogP contribution in [0.25, 0.3) is 6.08 Å². The molecule has 1 aromatic heterocycles. The van der Waals surface area contributed by atoms with Crippen LogP contribution in [-0.2, 0) is 14.9 Å². The van der Waals surface area contributed by atoms with Crippen molar-refractivity contribution in [3.8, 4) is 0 Å². The van der Waals surface area contributed by atoms with Gasteiger partial charge in [0.25, 0.3) is 0 Å². The number of fused-ring (bicyclic) bond motifs is 3. The Hall–Kier alpha value is -2.87. The van der Waals surface area contributed by atoms with Gasteiger partial charge >= 0.3 is 0 Å². The Morgan fingerprint density at radius 2 is 1.84 bits per heavy atom. The normalized spacial score (nSPS) is 25.1. The minimum Gasteiger partial charge on any atom is -0.467 e. The molecule has 2 bridgehead atoms. The zero-order valence-electron chi connectivity index (χ0n) is 17.1. The number of benzene rings is 2. The van der Waals surface area contributed by atoms with Gasteiger partial charge < -0.3 is 4.42 Å². The maximum absolute atomic E-state index is 13.4. The Morgan fingerprint density at radius 1 is 1.03 bits per heavy atom. The number of hydrogen-bond acceptors (Lipinski definition) is 5. The number of furan rings is 1. The van der Waals surface area contributed by atoms with Gasteiger partial charge in [-0.1, -0.05) is 35.9 Å². The maximum Gasteiger partial charge on any atom is 0.243 e. The molecule has 0 N–H and O–H groups in total. The molecule has 2 fully saturated rings. The Labute approximate surface area is 181 Å². The second-order valence-electron chi connectivity index (χ2n) is 8.46. The van der Waals surface area contributed by atoms with E-state index in [1.807, 2.05) is 60.5 Å². The molecule has 31 heavy (non-hydrogen) atoms. The summed E-state index contributed by atoms with van der Waals surface area (Å²) in [4.78, 5) is 6.89. The fourth-order valence-electron chi connectivity index (χ4n) is 4.86. The Morgan fingerprint density at radius 3 is 2.61 bits per heavy atom. The number of nitrogens with zero attached hydrogens (tertiary/aromatic N) is 2. The van der Waals surface area contributed by atoms with Crippen LogP contribution in [0, 0.1) is 6.92 Å². The van der Waals surface area contributed by atoms with E-state index in [1.54, 1.807) is 22.7 Å². The maximum atomic E-state index is 13.4. The first-order valence-corrected chi connectivity index (χ1v) is 11.8. The molecule has 2 atom stereocenters. The summed E-state index contributed by atoms with van der Waals surface area (Å²) in [5.74, 6) is 0.813. The molecule has 1 spiro atoms. The van der Waals surface area contributed by atoms with Crippen molar-refractivity contribution in [3.05, 3.63) is 89.4 Å². The first-order chi connectivity index (χ1) is 15.0. The van der Waals surface area contributed by atoms with Crippen molar-refractivity contribution in [2.75, 3.05) is 18.2 Å². The highest BCUT2D eigenvalue weighted by molar-refractivity contribution is 7.89. The molecule has 3 aromatic rings. The molecular weight excluding hydrogens is 412 g/mol. The quantitative estimate of drug-likeness (QED) is 0.615. The van der Waals surface area contributed by atoms with E-state index >= 15 is 0 Å². The number of hydrogen-bond donors (Lipinski definition) is 0. The van der Waals surface area contributed by atoms with Crippen molar-refractivity contribution in [1.29, 1.82) is 0 Å². The summed E-state index contributed by atoms with van der Waals surface area (Å²) >= 11 is 0. The topological polar surface area (TPSA) is 63.0 Å². The Balaban J connectivity index is 1.45. The van der Waals surface area contributed by atoms with Gasteiger partial charge in [-0.2, -0.15) is 4.31 Å². The van der Waals surface area contributed by atoms with Gasteiger partial charge in [-0.15, -0.1) is 0 Å². The van der Waals surface area contributed by atoms with Crippen LogP contribution in [0.4, 0.5) is 5.69 Å². The van der Waals surface area contributed by atoms with Crippen LogP contribution in [-0.4, -0.2) is 31.4 Å². The van der Waals surface area contributed by atoms with Crippen LogP contribution in [0.15, 0.2) is 81.8 Å². The summed E-state index contributed by atoms with van der Waals surface area (Å²) in [7, 11) is -3.63. The standard InChI is InChI=1S/C24H22N2O4S/c1-17-8-10-20(11-9-17)31(27,28)25-15-19-13-18-5-2-3-6-21(18)26-22(23-7-4-12-29-23)14-24(19,16-25)30-26/h2-13,22H,14-16H2,1H3. The zero-order valence-corrected chi connectivity index (χ0v) is 17.9. The third kappa shape index (κ3) is 2.81. The lowest BCUT2D eigenvalue weighted by molar-refractivity contribution is 0.0247. The molecule has 7 heteroatoms. The van der Waals surface area contributed by atoms with Gasteiger partial charge in [0.15, 0.2) is 0 Å². The number of sulfonamides is 1. The summed E-state index contributed by atoms with van der Waals surface area (Å²) in [5.41, 5.74) is 3.28. The molecule has 6 rings (SSSR count). The molecule has 0 saturated carbocycles. The van der Waals surface area contributed by atoms with Crippen molar-refractivity contribution in [2.45, 2.75) is 29.9 Å². The molecule has 3 aliphatic heterocycles. The molecule has 0 amide bonds. The van der Waals surface area contributed by atoms with E-state index in [0.29, 0.717) is 17.9 Å². The highest BCUT2D eigenvalue weighted by Crippen LogP contribution is 2.53. The fraction of sp³-hybridized carbons (Fsp3) is 0.250. The second-order valence-corrected chi connectivity index (χ2v) is 10.4. The van der Waals surface area contributed by atoms with Gasteiger partial charge in [-0.05, 0) is 48.9 Å². The first-order valence-electron chi connectivity index (χ1n) is 10.3. The second kappa shape index (κ2) is 6.56. The van der Waals surface area contributed by atoms with Crippen LogP contribution in [0.3, 0.4) is 0 Å². The summed E-state index contributed by atoms with van der Waals surface area (Å²) in [6, 6.07) is 18.7. The zero-order chi connectivity index (χ0) is 21.2. The highest BCUT2D eigenvalue weighted by atomic mass is 32.2. The third-order valence-corrected chi connectivity index (χ3v) is 8.28. The summed E-state index contributed by atoms with van der Waals surface area (Å²) in [6.07, 6.45) is 4.38. The SMILES string of the molecule is Cc1ccc(S(=O)(=O)N2CC3=Cc4ccccc4N4OC3(CC4c3ccco3)C2)cc1. The van der Waals surface area contributed by atoms with E-state index in [4.69, 9.17) is 9.25 Å². The minimum absolute atomic E-state index is 0.123. The van der Waals surface area contributed by atoms with Gasteiger partial charge in [0.05, 0.1) is 23.4 Å². The number of rotatable bonds is 3. The van der Waals surface area contributed by atoms with E-state index in [-0.39, 0.29) is 12.6 Å². The third-order valence-electron chi connectivity index (χ3n) is 6.48. The fourth-order valence-corrected chi connectivity index (χ4v) is 6.33. The van der Waals surface area contributed by atoms with Crippen LogP contribution in [0.5, 0.6) is 0 Å². The number of anilines is 1. The van der Waals surface area contributed by atoms with E-state index in [2.05, 4.69) is 6.08 Å². The highest BCUT2D eigenvalue weighted by Gasteiger charge is 2.57. The average molecular weight is 435 g/mol. The molecule has 6 nitrogen and oxygen atoms in total. The molecule has 2 unspecified atom stereocenters. The van der Waals surface area contributed by atoms with Crippen molar-refractivity contribution < 1.29 is 17.7 Å². The molecule has 2 aromatic carbocycles. The van der Waals surface area contributed by atoms with Crippen molar-refractivity contribution in [2.24, 2.45) is 0 Å². The van der Waals surface area contributed by atoms with Crippen LogP contribution < -0.4 is 5.06 Å². The minimum atomic E-state index is -3.63. The molecule has 3 aliphatic rings. The van der Waals surface area contributed by atoms with Gasteiger partial charge in [0.1, 0.15) is 17.4 Å². The lowest BCUT2D eigenvalue weighted by Gasteiger charge is -2.26. The lowest BCUT2D eigenvalue weighted by Crippen LogP contribution is -2.37. The summed E-state index contributed by atoms with van der Waals surface area (Å²) < 4.78 is 34.1. The predicted molar refractivity (Wildman–Crippen MR) is 117 cm³/mol. The largest absolute Gasteiger partial charge is 0.467 e. The molecule has 4 heterocycles. The van der Waals surface area contributed by atoms with Crippen LogP contribution in [0.1, 0.15) is 29.3 Å². The van der Waals surface area contributed by atoms with Crippen molar-refractivity contribution in [1.82, 2.24) is 4.31 Å². The summed E-state index contributed by atoms with van der Waals surface area (Å²) in [6.45, 7) is 2.53. The molecule has 0 aliphatic carbocycles. The van der Waals surface area contributed by atoms with Gasteiger partial charge in [-0.25, -0.2) is 13.5 Å². The predicted octanol–water partition coefficient (Wildman–Crippen LogP) is 4.31. The van der Waals surface area contributed by atoms with Gasteiger partial charge in [0.2, 0.25) is 10.0 Å². The molecule has 2 saturated heterocycles. The first kappa shape index (κ1) is 18.9. The summed E-state index contributed by atoms with van der Waals surface area (Å²) in [5, 5.41) is 1.90. The monoisotopic (exact) mass is 434 g/mol. The van der Waals surface area contributed by atoms with Crippen LogP contribution >= 0.6 is 0 Å². The van der Waals surface area contributed by atoms with Crippen molar-refractivity contribution >= 4 is 21.8 Å². The molecule has 158 valence electrons. The van der Waals surface area contributed by atoms with Crippen LogP contribution in [0.2, 0.25) is 0 Å². The molecule has 0 radical (unpaired) electrons. The smallest absolute Gasteiger partial charge is 0.243 e. The van der Waals surface area contributed by atoms with E-state index in [9.17, 15) is 8.42 Å². The number of para-hydroxylation sites is 1. The van der Waals surface area contributed by atoms with Gasteiger partial charge in [0, 0.05) is 18.5 Å². The Bertz CT molecular complexity index is 1280. The average Bonchev–Trinajstić information content (AvgIpc) is 3.47. The van der Waals surface area contributed by atoms with E-state index in [1.165, 1.54) is 0 Å². The number of hydroxylamine groups is 1. The van der Waals surface area contributed by atoms with Crippen molar-refractivity contribution in [3.63, 3.8) is 0 Å². The molecular formula is C24H22N2O4S. The van der Waals surface area contributed by atoms with E-state index < -0.39 is 15.6 Å².